The Morgan fingerprint density at radius 3 is 2.48 bits per heavy atom. The number of rotatable bonds is 7. The fraction of sp³-hybridized carbons (Fsp3) is 0.120. The molecule has 0 amide bonds. The average molecular weight is 434 g/mol. The van der Waals surface area contributed by atoms with E-state index in [4.69, 9.17) is 25.8 Å². The third-order valence-corrected chi connectivity index (χ3v) is 4.77. The van der Waals surface area contributed by atoms with E-state index in [1.807, 2.05) is 55.5 Å². The number of esters is 1. The predicted molar refractivity (Wildman–Crippen MR) is 120 cm³/mol. The van der Waals surface area contributed by atoms with Crippen molar-refractivity contribution in [2.75, 3.05) is 6.61 Å². The van der Waals surface area contributed by atoms with Crippen LogP contribution in [0.5, 0.6) is 11.5 Å². The van der Waals surface area contributed by atoms with Crippen molar-refractivity contribution in [2.24, 2.45) is 4.99 Å². The van der Waals surface area contributed by atoms with E-state index in [0.717, 1.165) is 11.1 Å². The van der Waals surface area contributed by atoms with Crippen LogP contribution in [0.2, 0.25) is 5.02 Å². The molecule has 0 spiro atoms. The van der Waals surface area contributed by atoms with Crippen molar-refractivity contribution in [1.82, 2.24) is 0 Å². The summed E-state index contributed by atoms with van der Waals surface area (Å²) in [5, 5.41) is 0.600. The third kappa shape index (κ3) is 5.13. The van der Waals surface area contributed by atoms with Crippen LogP contribution in [0.25, 0.3) is 6.08 Å². The Balaban J connectivity index is 1.56. The molecule has 5 nitrogen and oxygen atoms in total. The Hall–Kier alpha value is -3.57. The number of carbonyl (C=O) groups is 1. The Morgan fingerprint density at radius 2 is 1.74 bits per heavy atom. The maximum Gasteiger partial charge on any atom is 0.363 e. The average Bonchev–Trinajstić information content (AvgIpc) is 3.15. The summed E-state index contributed by atoms with van der Waals surface area (Å²) in [6, 6.07) is 22.3. The largest absolute Gasteiger partial charge is 0.490 e. The minimum absolute atomic E-state index is 0.213. The quantitative estimate of drug-likeness (QED) is 0.356. The van der Waals surface area contributed by atoms with Gasteiger partial charge in [0.1, 0.15) is 6.61 Å². The van der Waals surface area contributed by atoms with Gasteiger partial charge in [-0.15, -0.1) is 0 Å². The molecule has 0 radical (unpaired) electrons. The molecule has 1 aliphatic rings. The number of carbonyl (C=O) groups excluding carboxylic acids is 1. The zero-order valence-corrected chi connectivity index (χ0v) is 17.6. The molecule has 0 N–H and O–H groups in total. The standard InChI is InChI=1S/C25H20ClNO4/c1-2-29-23-15-18(8-13-22(23)30-16-17-6-4-3-5-7-17)14-21-25(28)31-24(27-21)19-9-11-20(26)12-10-19/h3-15H,2,16H2,1H3/b21-14+. The van der Waals surface area contributed by atoms with Gasteiger partial charge in [0.25, 0.3) is 0 Å². The van der Waals surface area contributed by atoms with Gasteiger partial charge in [-0.25, -0.2) is 9.79 Å². The lowest BCUT2D eigenvalue weighted by Gasteiger charge is -2.12. The van der Waals surface area contributed by atoms with Crippen LogP contribution in [-0.4, -0.2) is 18.5 Å². The van der Waals surface area contributed by atoms with Gasteiger partial charge in [-0.2, -0.15) is 0 Å². The first-order valence-corrected chi connectivity index (χ1v) is 10.2. The van der Waals surface area contributed by atoms with Gasteiger partial charge in [-0.3, -0.25) is 0 Å². The van der Waals surface area contributed by atoms with Gasteiger partial charge >= 0.3 is 5.97 Å². The summed E-state index contributed by atoms with van der Waals surface area (Å²) in [5.74, 6) is 0.973. The molecule has 0 aromatic heterocycles. The van der Waals surface area contributed by atoms with Crippen LogP contribution in [0, 0.1) is 0 Å². The van der Waals surface area contributed by atoms with E-state index in [1.54, 1.807) is 30.3 Å². The Morgan fingerprint density at radius 1 is 0.968 bits per heavy atom. The first-order valence-electron chi connectivity index (χ1n) is 9.84. The number of hydrogen-bond acceptors (Lipinski definition) is 5. The van der Waals surface area contributed by atoms with Crippen LogP contribution in [0.3, 0.4) is 0 Å². The van der Waals surface area contributed by atoms with Crippen molar-refractivity contribution < 1.29 is 19.0 Å². The Bertz CT molecular complexity index is 1140. The summed E-state index contributed by atoms with van der Waals surface area (Å²) in [4.78, 5) is 16.6. The molecular weight excluding hydrogens is 414 g/mol. The molecule has 4 rings (SSSR count). The molecular formula is C25H20ClNO4. The predicted octanol–water partition coefficient (Wildman–Crippen LogP) is 5.66. The van der Waals surface area contributed by atoms with E-state index in [1.165, 1.54) is 0 Å². The normalized spacial score (nSPS) is 14.3. The lowest BCUT2D eigenvalue weighted by Crippen LogP contribution is -2.05. The van der Waals surface area contributed by atoms with Crippen LogP contribution in [0.15, 0.2) is 83.5 Å². The second-order valence-electron chi connectivity index (χ2n) is 6.76. The zero-order valence-electron chi connectivity index (χ0n) is 16.9. The highest BCUT2D eigenvalue weighted by atomic mass is 35.5. The monoisotopic (exact) mass is 433 g/mol. The lowest BCUT2D eigenvalue weighted by molar-refractivity contribution is -0.129. The van der Waals surface area contributed by atoms with Crippen molar-refractivity contribution in [3.8, 4) is 11.5 Å². The summed E-state index contributed by atoms with van der Waals surface area (Å²) in [5.41, 5.74) is 2.71. The topological polar surface area (TPSA) is 57.1 Å². The van der Waals surface area contributed by atoms with E-state index in [2.05, 4.69) is 4.99 Å². The van der Waals surface area contributed by atoms with Crippen molar-refractivity contribution in [3.63, 3.8) is 0 Å². The van der Waals surface area contributed by atoms with Crippen LogP contribution in [0.1, 0.15) is 23.6 Å². The highest BCUT2D eigenvalue weighted by Gasteiger charge is 2.24. The fourth-order valence-electron chi connectivity index (χ4n) is 3.02. The van der Waals surface area contributed by atoms with Crippen LogP contribution in [0.4, 0.5) is 0 Å². The number of ether oxygens (including phenoxy) is 3. The number of halogens is 1. The van der Waals surface area contributed by atoms with Crippen molar-refractivity contribution in [2.45, 2.75) is 13.5 Å². The Kier molecular flexibility index (Phi) is 6.34. The fourth-order valence-corrected chi connectivity index (χ4v) is 3.15. The second-order valence-corrected chi connectivity index (χ2v) is 7.19. The SMILES string of the molecule is CCOc1cc(/C=C2/N=C(c3ccc(Cl)cc3)OC2=O)ccc1OCc1ccccc1. The van der Waals surface area contributed by atoms with Crippen molar-refractivity contribution >= 4 is 29.5 Å². The van der Waals surface area contributed by atoms with E-state index in [0.29, 0.717) is 35.3 Å². The maximum atomic E-state index is 12.3. The molecule has 0 atom stereocenters. The molecule has 0 fully saturated rings. The molecule has 0 saturated heterocycles. The minimum Gasteiger partial charge on any atom is -0.490 e. The molecule has 0 bridgehead atoms. The maximum absolute atomic E-state index is 12.3. The molecule has 156 valence electrons. The van der Waals surface area contributed by atoms with Gasteiger partial charge in [-0.1, -0.05) is 48.0 Å². The van der Waals surface area contributed by atoms with Gasteiger partial charge in [0.05, 0.1) is 6.61 Å². The number of nitrogens with zero attached hydrogens (tertiary/aromatic N) is 1. The summed E-state index contributed by atoms with van der Waals surface area (Å²) in [7, 11) is 0. The Labute approximate surface area is 185 Å². The summed E-state index contributed by atoms with van der Waals surface area (Å²) in [6.07, 6.45) is 1.66. The van der Waals surface area contributed by atoms with Gasteiger partial charge in [0, 0.05) is 10.6 Å². The first-order chi connectivity index (χ1) is 15.1. The molecule has 1 heterocycles. The van der Waals surface area contributed by atoms with Gasteiger partial charge in [0.15, 0.2) is 17.2 Å². The zero-order chi connectivity index (χ0) is 21.6. The van der Waals surface area contributed by atoms with E-state index in [9.17, 15) is 4.79 Å². The van der Waals surface area contributed by atoms with Crippen LogP contribution >= 0.6 is 11.6 Å². The van der Waals surface area contributed by atoms with Gasteiger partial charge in [0.2, 0.25) is 5.90 Å². The second kappa shape index (κ2) is 9.49. The molecule has 1 aliphatic heterocycles. The molecule has 3 aromatic rings. The molecule has 0 saturated carbocycles. The van der Waals surface area contributed by atoms with Gasteiger partial charge in [-0.05, 0) is 60.5 Å². The van der Waals surface area contributed by atoms with E-state index in [-0.39, 0.29) is 11.6 Å². The molecule has 6 heteroatoms. The van der Waals surface area contributed by atoms with Crippen LogP contribution in [-0.2, 0) is 16.1 Å². The highest BCUT2D eigenvalue weighted by molar-refractivity contribution is 6.30. The first kappa shape index (κ1) is 20.7. The third-order valence-electron chi connectivity index (χ3n) is 4.52. The number of hydrogen-bond donors (Lipinski definition) is 0. The van der Waals surface area contributed by atoms with Crippen molar-refractivity contribution in [3.05, 3.63) is 100 Å². The summed E-state index contributed by atoms with van der Waals surface area (Å²) >= 11 is 5.91. The lowest BCUT2D eigenvalue weighted by atomic mass is 10.1. The molecule has 0 unspecified atom stereocenters. The number of benzene rings is 3. The minimum atomic E-state index is -0.507. The molecule has 3 aromatic carbocycles. The summed E-state index contributed by atoms with van der Waals surface area (Å²) < 4.78 is 17.0. The summed E-state index contributed by atoms with van der Waals surface area (Å²) in [6.45, 7) is 2.83. The van der Waals surface area contributed by atoms with E-state index < -0.39 is 5.97 Å². The number of cyclic esters (lactones) is 1. The van der Waals surface area contributed by atoms with Crippen LogP contribution < -0.4 is 9.47 Å². The smallest absolute Gasteiger partial charge is 0.363 e. The van der Waals surface area contributed by atoms with Gasteiger partial charge < -0.3 is 14.2 Å². The van der Waals surface area contributed by atoms with E-state index >= 15 is 0 Å². The number of aliphatic imine (C=N–C) groups is 1. The molecule has 31 heavy (non-hydrogen) atoms. The highest BCUT2D eigenvalue weighted by Crippen LogP contribution is 2.31. The molecule has 0 aliphatic carbocycles. The van der Waals surface area contributed by atoms with Crippen molar-refractivity contribution in [1.29, 1.82) is 0 Å².